The van der Waals surface area contributed by atoms with Crippen molar-refractivity contribution >= 4 is 33.3 Å². The van der Waals surface area contributed by atoms with E-state index < -0.39 is 17.5 Å². The number of anilines is 3. The zero-order chi connectivity index (χ0) is 14.0. The summed E-state index contributed by atoms with van der Waals surface area (Å²) < 4.78 is 40.8. The summed E-state index contributed by atoms with van der Waals surface area (Å²) in [7, 11) is 0. The van der Waals surface area contributed by atoms with Crippen LogP contribution in [0, 0.1) is 17.5 Å². The summed E-state index contributed by atoms with van der Waals surface area (Å²) in [5.41, 5.74) is 1.97. The number of hydrogen-bond acceptors (Lipinski definition) is 4. The highest BCUT2D eigenvalue weighted by Crippen LogP contribution is 2.26. The molecule has 1 aromatic carbocycles. The molecule has 0 aliphatic carbocycles. The van der Waals surface area contributed by atoms with Crippen LogP contribution in [-0.4, -0.2) is 4.98 Å². The summed E-state index contributed by atoms with van der Waals surface area (Å²) in [4.78, 5) is 3.58. The monoisotopic (exact) mass is 332 g/mol. The minimum absolute atomic E-state index is 0.00430. The van der Waals surface area contributed by atoms with Gasteiger partial charge in [0.05, 0.1) is 5.69 Å². The van der Waals surface area contributed by atoms with Crippen LogP contribution in [-0.2, 0) is 0 Å². The van der Waals surface area contributed by atoms with Crippen molar-refractivity contribution in [1.29, 1.82) is 0 Å². The average molecular weight is 333 g/mol. The molecular formula is C11H8BrF3N4. The van der Waals surface area contributed by atoms with E-state index in [1.165, 1.54) is 18.2 Å². The predicted octanol–water partition coefficient (Wildman–Crippen LogP) is 3.29. The Hall–Kier alpha value is -1.80. The Balaban J connectivity index is 2.40. The number of halogens is 4. The van der Waals surface area contributed by atoms with Crippen molar-refractivity contribution in [2.45, 2.75) is 0 Å². The highest BCUT2D eigenvalue weighted by Gasteiger charge is 2.13. The van der Waals surface area contributed by atoms with Crippen LogP contribution in [0.15, 0.2) is 28.7 Å². The summed E-state index contributed by atoms with van der Waals surface area (Å²) in [5.74, 6) is 1.84. The number of nitrogen functional groups attached to an aromatic ring is 1. The molecule has 0 bridgehead atoms. The van der Waals surface area contributed by atoms with Crippen molar-refractivity contribution in [1.82, 2.24) is 4.98 Å². The molecule has 1 aromatic heterocycles. The number of pyridine rings is 1. The maximum absolute atomic E-state index is 13.5. The summed E-state index contributed by atoms with van der Waals surface area (Å²) in [6.45, 7) is 0. The highest BCUT2D eigenvalue weighted by atomic mass is 79.9. The zero-order valence-corrected chi connectivity index (χ0v) is 10.9. The van der Waals surface area contributed by atoms with E-state index in [4.69, 9.17) is 5.84 Å². The Kier molecular flexibility index (Phi) is 3.91. The van der Waals surface area contributed by atoms with E-state index in [0.29, 0.717) is 10.5 Å². The van der Waals surface area contributed by atoms with Crippen molar-refractivity contribution in [3.05, 3.63) is 46.2 Å². The van der Waals surface area contributed by atoms with Crippen molar-refractivity contribution in [3.8, 4) is 0 Å². The molecule has 4 N–H and O–H groups in total. The fourth-order valence-electron chi connectivity index (χ4n) is 1.38. The standard InChI is InChI=1S/C11H8BrF3N4/c12-5-1-2-6(13)9(3-5)17-10-7(14)4-8(15)11(18-10)19-16/h1-4H,16H2,(H2,17,18,19). The van der Waals surface area contributed by atoms with Crippen molar-refractivity contribution in [2.75, 3.05) is 10.7 Å². The second-order valence-electron chi connectivity index (χ2n) is 3.54. The fourth-order valence-corrected chi connectivity index (χ4v) is 1.74. The van der Waals surface area contributed by atoms with Gasteiger partial charge in [-0.1, -0.05) is 15.9 Å². The molecule has 0 amide bonds. The third-order valence-corrected chi connectivity index (χ3v) is 2.74. The lowest BCUT2D eigenvalue weighted by atomic mass is 10.3. The molecule has 0 unspecified atom stereocenters. The average Bonchev–Trinajstić information content (AvgIpc) is 2.37. The van der Waals surface area contributed by atoms with E-state index in [9.17, 15) is 13.2 Å². The molecule has 2 rings (SSSR count). The number of rotatable bonds is 3. The van der Waals surface area contributed by atoms with Gasteiger partial charge in [-0.3, -0.25) is 0 Å². The Morgan fingerprint density at radius 2 is 1.68 bits per heavy atom. The lowest BCUT2D eigenvalue weighted by Gasteiger charge is -2.10. The van der Waals surface area contributed by atoms with Crippen LogP contribution >= 0.6 is 15.9 Å². The first kappa shape index (κ1) is 13.6. The topological polar surface area (TPSA) is 63.0 Å². The maximum Gasteiger partial charge on any atom is 0.178 e. The number of benzene rings is 1. The largest absolute Gasteiger partial charge is 0.335 e. The molecule has 0 fully saturated rings. The van der Waals surface area contributed by atoms with Gasteiger partial charge in [-0.2, -0.15) is 0 Å². The first-order valence-electron chi connectivity index (χ1n) is 5.06. The molecule has 0 atom stereocenters. The smallest absolute Gasteiger partial charge is 0.178 e. The molecule has 0 radical (unpaired) electrons. The van der Waals surface area contributed by atoms with Crippen LogP contribution in [0.25, 0.3) is 0 Å². The second-order valence-corrected chi connectivity index (χ2v) is 4.46. The van der Waals surface area contributed by atoms with Gasteiger partial charge < -0.3 is 10.7 Å². The van der Waals surface area contributed by atoms with Gasteiger partial charge in [-0.15, -0.1) is 0 Å². The number of hydrazine groups is 1. The summed E-state index contributed by atoms with van der Waals surface area (Å²) in [6.07, 6.45) is 0. The number of nitrogens with zero attached hydrogens (tertiary/aromatic N) is 1. The third kappa shape index (κ3) is 2.96. The summed E-state index contributed by atoms with van der Waals surface area (Å²) in [5, 5.41) is 2.43. The normalized spacial score (nSPS) is 10.4. The third-order valence-electron chi connectivity index (χ3n) is 2.25. The molecule has 0 spiro atoms. The summed E-state index contributed by atoms with van der Waals surface area (Å²) >= 11 is 3.15. The minimum Gasteiger partial charge on any atom is -0.335 e. The zero-order valence-electron chi connectivity index (χ0n) is 9.35. The van der Waals surface area contributed by atoms with Gasteiger partial charge in [0.2, 0.25) is 0 Å². The van der Waals surface area contributed by atoms with Crippen LogP contribution in [0.3, 0.4) is 0 Å². The summed E-state index contributed by atoms with van der Waals surface area (Å²) in [6, 6.07) is 4.67. The van der Waals surface area contributed by atoms with Crippen LogP contribution in [0.1, 0.15) is 0 Å². The molecule has 100 valence electrons. The molecule has 0 saturated carbocycles. The van der Waals surface area contributed by atoms with E-state index in [0.717, 1.165) is 0 Å². The first-order valence-corrected chi connectivity index (χ1v) is 5.85. The quantitative estimate of drug-likeness (QED) is 0.596. The minimum atomic E-state index is -0.962. The van der Waals surface area contributed by atoms with E-state index >= 15 is 0 Å². The predicted molar refractivity (Wildman–Crippen MR) is 69.3 cm³/mol. The van der Waals surface area contributed by atoms with Gasteiger partial charge in [0.1, 0.15) is 5.82 Å². The molecule has 0 aliphatic heterocycles. The Bertz CT molecular complexity index is 621. The van der Waals surface area contributed by atoms with Crippen LogP contribution < -0.4 is 16.6 Å². The lowest BCUT2D eigenvalue weighted by molar-refractivity contribution is 0.579. The van der Waals surface area contributed by atoms with Gasteiger partial charge in [0.25, 0.3) is 0 Å². The van der Waals surface area contributed by atoms with E-state index in [-0.39, 0.29) is 17.3 Å². The fraction of sp³-hybridized carbons (Fsp3) is 0. The van der Waals surface area contributed by atoms with Gasteiger partial charge in [-0.25, -0.2) is 24.0 Å². The molecular weight excluding hydrogens is 325 g/mol. The maximum atomic E-state index is 13.5. The van der Waals surface area contributed by atoms with Gasteiger partial charge in [0.15, 0.2) is 23.3 Å². The number of hydrogen-bond donors (Lipinski definition) is 3. The molecule has 4 nitrogen and oxygen atoms in total. The molecule has 19 heavy (non-hydrogen) atoms. The molecule has 0 saturated heterocycles. The van der Waals surface area contributed by atoms with Crippen molar-refractivity contribution in [2.24, 2.45) is 5.84 Å². The van der Waals surface area contributed by atoms with E-state index in [1.807, 2.05) is 5.43 Å². The second kappa shape index (κ2) is 5.45. The van der Waals surface area contributed by atoms with Crippen LogP contribution in [0.4, 0.5) is 30.5 Å². The van der Waals surface area contributed by atoms with Gasteiger partial charge >= 0.3 is 0 Å². The SMILES string of the molecule is NNc1nc(Nc2cc(Br)ccc2F)c(F)cc1F. The van der Waals surface area contributed by atoms with Crippen LogP contribution in [0.2, 0.25) is 0 Å². The van der Waals surface area contributed by atoms with Gasteiger partial charge in [-0.05, 0) is 18.2 Å². The molecule has 0 aliphatic rings. The lowest BCUT2D eigenvalue weighted by Crippen LogP contribution is -2.12. The number of nitrogens with one attached hydrogen (secondary N) is 2. The highest BCUT2D eigenvalue weighted by molar-refractivity contribution is 9.10. The molecule has 2 aromatic rings. The molecule has 8 heteroatoms. The first-order chi connectivity index (χ1) is 9.01. The van der Waals surface area contributed by atoms with E-state index in [2.05, 4.69) is 26.2 Å². The van der Waals surface area contributed by atoms with Crippen molar-refractivity contribution in [3.63, 3.8) is 0 Å². The number of aromatic nitrogens is 1. The Labute approximate surface area is 114 Å². The number of nitrogens with two attached hydrogens (primary N) is 1. The Morgan fingerprint density at radius 3 is 2.37 bits per heavy atom. The van der Waals surface area contributed by atoms with Gasteiger partial charge in [0, 0.05) is 10.5 Å². The molecule has 1 heterocycles. The Morgan fingerprint density at radius 1 is 1.00 bits per heavy atom. The van der Waals surface area contributed by atoms with Crippen LogP contribution in [0.5, 0.6) is 0 Å². The van der Waals surface area contributed by atoms with E-state index in [1.54, 1.807) is 0 Å². The van der Waals surface area contributed by atoms with Crippen molar-refractivity contribution < 1.29 is 13.2 Å².